The number of nitriles is 1. The molecular formula is C12H9F3N4. The summed E-state index contributed by atoms with van der Waals surface area (Å²) in [7, 11) is 0. The van der Waals surface area contributed by atoms with Crippen molar-refractivity contribution in [3.8, 4) is 11.9 Å². The number of halogens is 3. The van der Waals surface area contributed by atoms with Crippen molar-refractivity contribution < 1.29 is 13.2 Å². The van der Waals surface area contributed by atoms with Gasteiger partial charge in [0, 0.05) is 5.69 Å². The Morgan fingerprint density at radius 2 is 1.95 bits per heavy atom. The standard InChI is InChI=1S/C12H9F3N4/c1-7-5-8(2)19(18-7)11-9(6-16)3-4-10(17-11)12(13,14)15/h3-5H,1-2H3. The molecule has 0 atom stereocenters. The van der Waals surface area contributed by atoms with E-state index in [0.29, 0.717) is 11.4 Å². The third-order valence-corrected chi connectivity index (χ3v) is 2.50. The zero-order valence-electron chi connectivity index (χ0n) is 10.2. The van der Waals surface area contributed by atoms with Crippen LogP contribution in [0.15, 0.2) is 18.2 Å². The third kappa shape index (κ3) is 2.42. The summed E-state index contributed by atoms with van der Waals surface area (Å²) in [5, 5.41) is 13.0. The van der Waals surface area contributed by atoms with E-state index in [4.69, 9.17) is 5.26 Å². The van der Waals surface area contributed by atoms with E-state index in [1.54, 1.807) is 19.9 Å². The normalized spacial score (nSPS) is 11.4. The second kappa shape index (κ2) is 4.39. The fraction of sp³-hybridized carbons (Fsp3) is 0.250. The van der Waals surface area contributed by atoms with Gasteiger partial charge < -0.3 is 0 Å². The zero-order valence-corrected chi connectivity index (χ0v) is 10.2. The maximum absolute atomic E-state index is 12.6. The molecule has 0 unspecified atom stereocenters. The molecule has 98 valence electrons. The van der Waals surface area contributed by atoms with Gasteiger partial charge >= 0.3 is 6.18 Å². The lowest BCUT2D eigenvalue weighted by atomic mass is 10.2. The molecular weight excluding hydrogens is 257 g/mol. The lowest BCUT2D eigenvalue weighted by molar-refractivity contribution is -0.141. The van der Waals surface area contributed by atoms with Gasteiger partial charge in [0.1, 0.15) is 11.8 Å². The van der Waals surface area contributed by atoms with Crippen LogP contribution >= 0.6 is 0 Å². The van der Waals surface area contributed by atoms with Crippen molar-refractivity contribution in [1.82, 2.24) is 14.8 Å². The average molecular weight is 266 g/mol. The second-order valence-electron chi connectivity index (χ2n) is 4.02. The van der Waals surface area contributed by atoms with E-state index >= 15 is 0 Å². The fourth-order valence-corrected chi connectivity index (χ4v) is 1.70. The molecule has 0 amide bonds. The number of hydrogen-bond acceptors (Lipinski definition) is 3. The van der Waals surface area contributed by atoms with E-state index in [0.717, 1.165) is 12.1 Å². The summed E-state index contributed by atoms with van der Waals surface area (Å²) in [6, 6.07) is 5.40. The van der Waals surface area contributed by atoms with Crippen molar-refractivity contribution in [2.75, 3.05) is 0 Å². The van der Waals surface area contributed by atoms with E-state index in [1.165, 1.54) is 4.68 Å². The highest BCUT2D eigenvalue weighted by molar-refractivity contribution is 5.45. The van der Waals surface area contributed by atoms with Gasteiger partial charge in [0.2, 0.25) is 0 Å². The molecule has 0 aromatic carbocycles. The van der Waals surface area contributed by atoms with Gasteiger partial charge in [-0.15, -0.1) is 0 Å². The third-order valence-electron chi connectivity index (χ3n) is 2.50. The van der Waals surface area contributed by atoms with Crippen LogP contribution in [0.4, 0.5) is 13.2 Å². The quantitative estimate of drug-likeness (QED) is 0.797. The van der Waals surface area contributed by atoms with Gasteiger partial charge in [-0.25, -0.2) is 9.67 Å². The predicted octanol–water partition coefficient (Wildman–Crippen LogP) is 2.77. The molecule has 0 radical (unpaired) electrons. The van der Waals surface area contributed by atoms with Crippen molar-refractivity contribution in [3.05, 3.63) is 40.8 Å². The number of pyridine rings is 1. The maximum Gasteiger partial charge on any atom is 0.433 e. The summed E-state index contributed by atoms with van der Waals surface area (Å²) in [5.74, 6) is -0.108. The van der Waals surface area contributed by atoms with Crippen molar-refractivity contribution in [3.63, 3.8) is 0 Å². The number of nitrogens with zero attached hydrogens (tertiary/aromatic N) is 4. The molecule has 0 aliphatic rings. The molecule has 0 aliphatic heterocycles. The molecule has 0 spiro atoms. The van der Waals surface area contributed by atoms with Gasteiger partial charge in [-0.1, -0.05) is 0 Å². The molecule has 0 N–H and O–H groups in total. The summed E-state index contributed by atoms with van der Waals surface area (Å²) in [4.78, 5) is 3.51. The number of rotatable bonds is 1. The molecule has 2 aromatic rings. The Kier molecular flexibility index (Phi) is 3.02. The molecule has 2 rings (SSSR count). The highest BCUT2D eigenvalue weighted by atomic mass is 19.4. The Balaban J connectivity index is 2.68. The average Bonchev–Trinajstić information content (AvgIpc) is 2.66. The summed E-state index contributed by atoms with van der Waals surface area (Å²) in [6.07, 6.45) is -4.56. The molecule has 19 heavy (non-hydrogen) atoms. The van der Waals surface area contributed by atoms with Gasteiger partial charge in [0.05, 0.1) is 11.3 Å². The minimum Gasteiger partial charge on any atom is -0.223 e. The molecule has 0 saturated carbocycles. The van der Waals surface area contributed by atoms with Crippen LogP contribution in [-0.4, -0.2) is 14.8 Å². The molecule has 0 aliphatic carbocycles. The highest BCUT2D eigenvalue weighted by Crippen LogP contribution is 2.29. The van der Waals surface area contributed by atoms with Crippen LogP contribution in [0.25, 0.3) is 5.82 Å². The first-order chi connectivity index (χ1) is 8.82. The number of hydrogen-bond donors (Lipinski definition) is 0. The topological polar surface area (TPSA) is 54.5 Å². The van der Waals surface area contributed by atoms with Gasteiger partial charge in [0.15, 0.2) is 5.82 Å². The second-order valence-corrected chi connectivity index (χ2v) is 4.02. The minimum atomic E-state index is -4.56. The summed E-state index contributed by atoms with van der Waals surface area (Å²) < 4.78 is 39.2. The lowest BCUT2D eigenvalue weighted by Crippen LogP contribution is -2.13. The summed E-state index contributed by atoms with van der Waals surface area (Å²) in [6.45, 7) is 3.40. The van der Waals surface area contributed by atoms with Crippen LogP contribution in [-0.2, 0) is 6.18 Å². The first-order valence-electron chi connectivity index (χ1n) is 5.35. The highest BCUT2D eigenvalue weighted by Gasteiger charge is 2.33. The van der Waals surface area contributed by atoms with Crippen molar-refractivity contribution in [2.24, 2.45) is 0 Å². The molecule has 0 saturated heterocycles. The number of aromatic nitrogens is 3. The van der Waals surface area contributed by atoms with Crippen LogP contribution in [0.5, 0.6) is 0 Å². The van der Waals surface area contributed by atoms with E-state index < -0.39 is 11.9 Å². The number of alkyl halides is 3. The first-order valence-corrected chi connectivity index (χ1v) is 5.35. The first kappa shape index (κ1) is 13.1. The fourth-order valence-electron chi connectivity index (χ4n) is 1.70. The Hall–Kier alpha value is -2.36. The monoisotopic (exact) mass is 266 g/mol. The Morgan fingerprint density at radius 1 is 1.26 bits per heavy atom. The minimum absolute atomic E-state index is 0.0409. The van der Waals surface area contributed by atoms with E-state index in [2.05, 4.69) is 10.1 Å². The van der Waals surface area contributed by atoms with Crippen LogP contribution in [0.1, 0.15) is 22.6 Å². The molecule has 2 aromatic heterocycles. The summed E-state index contributed by atoms with van der Waals surface area (Å²) >= 11 is 0. The molecule has 4 nitrogen and oxygen atoms in total. The molecule has 2 heterocycles. The predicted molar refractivity (Wildman–Crippen MR) is 60.6 cm³/mol. The van der Waals surface area contributed by atoms with Crippen LogP contribution in [0.3, 0.4) is 0 Å². The van der Waals surface area contributed by atoms with Gasteiger partial charge in [0.25, 0.3) is 0 Å². The van der Waals surface area contributed by atoms with Crippen molar-refractivity contribution >= 4 is 0 Å². The Bertz CT molecular complexity index is 665. The van der Waals surface area contributed by atoms with Crippen LogP contribution in [0, 0.1) is 25.2 Å². The van der Waals surface area contributed by atoms with E-state index in [-0.39, 0.29) is 11.4 Å². The van der Waals surface area contributed by atoms with Gasteiger partial charge in [-0.3, -0.25) is 0 Å². The van der Waals surface area contributed by atoms with Crippen molar-refractivity contribution in [1.29, 1.82) is 5.26 Å². The molecule has 7 heteroatoms. The van der Waals surface area contributed by atoms with Crippen LogP contribution in [0.2, 0.25) is 0 Å². The van der Waals surface area contributed by atoms with Crippen LogP contribution < -0.4 is 0 Å². The van der Waals surface area contributed by atoms with E-state index in [1.807, 2.05) is 6.07 Å². The number of aryl methyl sites for hydroxylation is 2. The Morgan fingerprint density at radius 3 is 2.42 bits per heavy atom. The largest absolute Gasteiger partial charge is 0.433 e. The van der Waals surface area contributed by atoms with Gasteiger partial charge in [-0.2, -0.15) is 23.5 Å². The summed E-state index contributed by atoms with van der Waals surface area (Å²) in [5.41, 5.74) is 0.245. The molecule has 0 bridgehead atoms. The van der Waals surface area contributed by atoms with E-state index in [9.17, 15) is 13.2 Å². The van der Waals surface area contributed by atoms with Crippen molar-refractivity contribution in [2.45, 2.75) is 20.0 Å². The zero-order chi connectivity index (χ0) is 14.2. The lowest BCUT2D eigenvalue weighted by Gasteiger charge is -2.10. The Labute approximate surface area is 107 Å². The smallest absolute Gasteiger partial charge is 0.223 e. The van der Waals surface area contributed by atoms with Gasteiger partial charge in [-0.05, 0) is 32.0 Å². The molecule has 0 fully saturated rings. The maximum atomic E-state index is 12.6. The SMILES string of the molecule is Cc1cc(C)n(-c2nc(C(F)(F)F)ccc2C#N)n1.